The van der Waals surface area contributed by atoms with Crippen LogP contribution in [0.3, 0.4) is 0 Å². The number of para-hydroxylation sites is 4. The molecule has 0 bridgehead atoms. The van der Waals surface area contributed by atoms with Crippen LogP contribution in [0.5, 0.6) is 11.5 Å². The smallest absolute Gasteiger partial charge is 0.151 e. The summed E-state index contributed by atoms with van der Waals surface area (Å²) in [4.78, 5) is 2.22. The Kier molecular flexibility index (Phi) is 4.05. The van der Waals surface area contributed by atoms with Gasteiger partial charge in [-0.25, -0.2) is 0 Å². The first kappa shape index (κ1) is 16.2. The molecule has 0 unspecified atom stereocenters. The highest BCUT2D eigenvalue weighted by molar-refractivity contribution is 5.86. The molecule has 0 N–H and O–H groups in total. The van der Waals surface area contributed by atoms with Crippen molar-refractivity contribution >= 4 is 17.1 Å². The standard InChI is InChI=1S/C26H17NO/c1-2-8-20(9-3-1)14-15-21-16-18-22(19-17-21)27-23-10-4-6-12-25(23)28-26-13-7-5-11-24(26)27/h1-13,16-19H. The molecule has 1 aliphatic heterocycles. The van der Waals surface area contributed by atoms with Crippen LogP contribution in [0, 0.1) is 11.8 Å². The van der Waals surface area contributed by atoms with Gasteiger partial charge in [-0.2, -0.15) is 0 Å². The maximum absolute atomic E-state index is 6.08. The lowest BCUT2D eigenvalue weighted by molar-refractivity contribution is 0.477. The number of ether oxygens (including phenoxy) is 1. The van der Waals surface area contributed by atoms with Gasteiger partial charge in [0.1, 0.15) is 0 Å². The summed E-state index contributed by atoms with van der Waals surface area (Å²) in [6.45, 7) is 0. The summed E-state index contributed by atoms with van der Waals surface area (Å²) < 4.78 is 6.08. The lowest BCUT2D eigenvalue weighted by Gasteiger charge is -2.32. The van der Waals surface area contributed by atoms with Gasteiger partial charge >= 0.3 is 0 Å². The zero-order valence-corrected chi connectivity index (χ0v) is 15.2. The number of fused-ring (bicyclic) bond motifs is 2. The summed E-state index contributed by atoms with van der Waals surface area (Å²) in [7, 11) is 0. The molecule has 0 saturated heterocycles. The topological polar surface area (TPSA) is 12.5 Å². The second-order valence-electron chi connectivity index (χ2n) is 6.54. The average molecular weight is 359 g/mol. The van der Waals surface area contributed by atoms with Crippen molar-refractivity contribution in [2.45, 2.75) is 0 Å². The summed E-state index contributed by atoms with van der Waals surface area (Å²) in [6.07, 6.45) is 0. The van der Waals surface area contributed by atoms with Crippen LogP contribution in [-0.2, 0) is 0 Å². The summed E-state index contributed by atoms with van der Waals surface area (Å²) in [5, 5.41) is 0. The Hall–Kier alpha value is -3.96. The van der Waals surface area contributed by atoms with Crippen LogP contribution in [0.1, 0.15) is 11.1 Å². The van der Waals surface area contributed by atoms with Crippen molar-refractivity contribution in [1.82, 2.24) is 0 Å². The molecule has 0 fully saturated rings. The normalized spacial score (nSPS) is 11.5. The summed E-state index contributed by atoms with van der Waals surface area (Å²) in [6, 6.07) is 34.6. The summed E-state index contributed by atoms with van der Waals surface area (Å²) in [5.74, 6) is 8.16. The molecule has 132 valence electrons. The minimum atomic E-state index is 0.856. The zero-order chi connectivity index (χ0) is 18.8. The van der Waals surface area contributed by atoms with Crippen molar-refractivity contribution in [3.8, 4) is 23.3 Å². The van der Waals surface area contributed by atoms with Gasteiger partial charge in [0.2, 0.25) is 0 Å². The average Bonchev–Trinajstić information content (AvgIpc) is 2.77. The number of nitrogens with zero attached hydrogens (tertiary/aromatic N) is 1. The van der Waals surface area contributed by atoms with E-state index < -0.39 is 0 Å². The third-order valence-electron chi connectivity index (χ3n) is 4.68. The molecular weight excluding hydrogens is 342 g/mol. The Morgan fingerprint density at radius 1 is 0.500 bits per heavy atom. The SMILES string of the molecule is C(#Cc1ccc(N2c3ccccc3Oc3ccccc32)cc1)c1ccccc1. The van der Waals surface area contributed by atoms with Crippen LogP contribution in [0.2, 0.25) is 0 Å². The van der Waals surface area contributed by atoms with E-state index in [0.717, 1.165) is 39.7 Å². The van der Waals surface area contributed by atoms with Crippen LogP contribution in [0.4, 0.5) is 17.1 Å². The van der Waals surface area contributed by atoms with Gasteiger partial charge < -0.3 is 9.64 Å². The molecule has 0 atom stereocenters. The molecule has 2 nitrogen and oxygen atoms in total. The third kappa shape index (κ3) is 3.00. The second kappa shape index (κ2) is 6.98. The van der Waals surface area contributed by atoms with Crippen LogP contribution in [0.15, 0.2) is 103 Å². The van der Waals surface area contributed by atoms with Crippen molar-refractivity contribution in [3.05, 3.63) is 114 Å². The lowest BCUT2D eigenvalue weighted by Crippen LogP contribution is -2.15. The fraction of sp³-hybridized carbons (Fsp3) is 0. The van der Waals surface area contributed by atoms with E-state index in [2.05, 4.69) is 53.1 Å². The van der Waals surface area contributed by atoms with E-state index in [-0.39, 0.29) is 0 Å². The van der Waals surface area contributed by atoms with Gasteiger partial charge in [-0.1, -0.05) is 54.3 Å². The molecule has 5 rings (SSSR count). The Morgan fingerprint density at radius 3 is 1.61 bits per heavy atom. The van der Waals surface area contributed by atoms with E-state index in [1.165, 1.54) is 0 Å². The largest absolute Gasteiger partial charge is 0.453 e. The monoisotopic (exact) mass is 359 g/mol. The molecule has 2 heteroatoms. The highest BCUT2D eigenvalue weighted by Gasteiger charge is 2.24. The first-order chi connectivity index (χ1) is 13.9. The van der Waals surface area contributed by atoms with Crippen LogP contribution < -0.4 is 9.64 Å². The predicted octanol–water partition coefficient (Wildman–Crippen LogP) is 6.66. The van der Waals surface area contributed by atoms with Gasteiger partial charge in [0.15, 0.2) is 11.5 Å². The highest BCUT2D eigenvalue weighted by atomic mass is 16.5. The lowest BCUT2D eigenvalue weighted by atomic mass is 10.1. The number of hydrogen-bond donors (Lipinski definition) is 0. The molecule has 4 aromatic carbocycles. The molecule has 28 heavy (non-hydrogen) atoms. The Bertz CT molecular complexity index is 1140. The van der Waals surface area contributed by atoms with Gasteiger partial charge in [0, 0.05) is 16.8 Å². The minimum Gasteiger partial charge on any atom is -0.453 e. The zero-order valence-electron chi connectivity index (χ0n) is 15.2. The number of benzene rings is 4. The molecule has 0 spiro atoms. The predicted molar refractivity (Wildman–Crippen MR) is 114 cm³/mol. The Morgan fingerprint density at radius 2 is 1.00 bits per heavy atom. The first-order valence-electron chi connectivity index (χ1n) is 9.22. The third-order valence-corrected chi connectivity index (χ3v) is 4.68. The fourth-order valence-corrected chi connectivity index (χ4v) is 3.34. The maximum Gasteiger partial charge on any atom is 0.151 e. The van der Waals surface area contributed by atoms with E-state index in [1.54, 1.807) is 0 Å². The fourth-order valence-electron chi connectivity index (χ4n) is 3.34. The Labute approximate surface area is 164 Å². The van der Waals surface area contributed by atoms with Crippen molar-refractivity contribution in [2.75, 3.05) is 4.90 Å². The van der Waals surface area contributed by atoms with Gasteiger partial charge in [-0.05, 0) is 60.7 Å². The summed E-state index contributed by atoms with van der Waals surface area (Å²) in [5.41, 5.74) is 5.15. The van der Waals surface area contributed by atoms with Gasteiger partial charge in [0.25, 0.3) is 0 Å². The summed E-state index contributed by atoms with van der Waals surface area (Å²) >= 11 is 0. The van der Waals surface area contributed by atoms with Crippen molar-refractivity contribution in [3.63, 3.8) is 0 Å². The van der Waals surface area contributed by atoms with E-state index in [0.29, 0.717) is 0 Å². The molecule has 0 saturated carbocycles. The minimum absolute atomic E-state index is 0.856. The molecule has 1 heterocycles. The number of rotatable bonds is 1. The molecule has 0 radical (unpaired) electrons. The highest BCUT2D eigenvalue weighted by Crippen LogP contribution is 2.49. The van der Waals surface area contributed by atoms with Crippen molar-refractivity contribution < 1.29 is 4.74 Å². The van der Waals surface area contributed by atoms with Crippen LogP contribution in [0.25, 0.3) is 0 Å². The van der Waals surface area contributed by atoms with E-state index in [4.69, 9.17) is 4.74 Å². The Balaban J connectivity index is 1.53. The quantitative estimate of drug-likeness (QED) is 0.310. The molecule has 0 aliphatic carbocycles. The van der Waals surface area contributed by atoms with Crippen LogP contribution >= 0.6 is 0 Å². The van der Waals surface area contributed by atoms with Gasteiger partial charge in [-0.15, -0.1) is 0 Å². The van der Waals surface area contributed by atoms with Crippen LogP contribution in [-0.4, -0.2) is 0 Å². The molecule has 0 amide bonds. The molecular formula is C26H17NO. The molecule has 4 aromatic rings. The van der Waals surface area contributed by atoms with Crippen molar-refractivity contribution in [1.29, 1.82) is 0 Å². The van der Waals surface area contributed by atoms with Crippen molar-refractivity contribution in [2.24, 2.45) is 0 Å². The maximum atomic E-state index is 6.08. The van der Waals surface area contributed by atoms with E-state index in [1.807, 2.05) is 66.7 Å². The van der Waals surface area contributed by atoms with Gasteiger partial charge in [-0.3, -0.25) is 0 Å². The molecule has 0 aromatic heterocycles. The van der Waals surface area contributed by atoms with E-state index in [9.17, 15) is 0 Å². The number of hydrogen-bond acceptors (Lipinski definition) is 2. The second-order valence-corrected chi connectivity index (χ2v) is 6.54. The number of anilines is 3. The first-order valence-corrected chi connectivity index (χ1v) is 9.22. The molecule has 1 aliphatic rings. The van der Waals surface area contributed by atoms with Gasteiger partial charge in [0.05, 0.1) is 11.4 Å². The van der Waals surface area contributed by atoms with E-state index >= 15 is 0 Å².